The molecule has 1 atom stereocenters. The number of hydrogen-bond donors (Lipinski definition) is 1. The first-order valence-corrected chi connectivity index (χ1v) is 6.78. The second kappa shape index (κ2) is 6.56. The summed E-state index contributed by atoms with van der Waals surface area (Å²) in [6.07, 6.45) is 5.00. The first-order valence-electron chi connectivity index (χ1n) is 6.78. The molecule has 0 bridgehead atoms. The van der Waals surface area contributed by atoms with Crippen LogP contribution in [0.3, 0.4) is 0 Å². The molecule has 6 heteroatoms. The standard InChI is InChI=1S/C14H21N3O3/c1-17-6-4-3-5-10(17)9-20-13-7-11(14(18)19-2)12(15)8-16-13/h7-8,10H,3-6,9,15H2,1-2H3. The maximum atomic E-state index is 11.6. The number of nitrogen functional groups attached to an aromatic ring is 1. The maximum Gasteiger partial charge on any atom is 0.340 e. The average Bonchev–Trinajstić information content (AvgIpc) is 2.47. The smallest absolute Gasteiger partial charge is 0.340 e. The van der Waals surface area contributed by atoms with Gasteiger partial charge in [0.1, 0.15) is 6.61 Å². The summed E-state index contributed by atoms with van der Waals surface area (Å²) in [5.74, 6) is -0.0805. The van der Waals surface area contributed by atoms with Gasteiger partial charge < -0.3 is 20.1 Å². The molecule has 110 valence electrons. The van der Waals surface area contributed by atoms with E-state index in [2.05, 4.69) is 21.7 Å². The molecule has 1 saturated heterocycles. The highest BCUT2D eigenvalue weighted by Crippen LogP contribution is 2.20. The predicted octanol–water partition coefficient (Wildman–Crippen LogP) is 1.31. The molecule has 2 N–H and O–H groups in total. The number of hydrogen-bond acceptors (Lipinski definition) is 6. The van der Waals surface area contributed by atoms with Crippen molar-refractivity contribution in [2.75, 3.05) is 33.0 Å². The molecule has 0 aliphatic carbocycles. The van der Waals surface area contributed by atoms with Crippen LogP contribution in [0.2, 0.25) is 0 Å². The Labute approximate surface area is 118 Å². The highest BCUT2D eigenvalue weighted by molar-refractivity contribution is 5.95. The van der Waals surface area contributed by atoms with Crippen molar-refractivity contribution in [3.05, 3.63) is 17.8 Å². The van der Waals surface area contributed by atoms with Gasteiger partial charge in [-0.3, -0.25) is 0 Å². The van der Waals surface area contributed by atoms with Gasteiger partial charge in [-0.05, 0) is 26.4 Å². The quantitative estimate of drug-likeness (QED) is 0.837. The van der Waals surface area contributed by atoms with Crippen LogP contribution >= 0.6 is 0 Å². The van der Waals surface area contributed by atoms with E-state index in [1.807, 2.05) is 0 Å². The molecule has 1 aliphatic heterocycles. The summed E-state index contributed by atoms with van der Waals surface area (Å²) in [7, 11) is 3.42. The zero-order valence-corrected chi connectivity index (χ0v) is 12.0. The number of carbonyl (C=O) groups excluding carboxylic acids is 1. The number of likely N-dealkylation sites (tertiary alicyclic amines) is 1. The van der Waals surface area contributed by atoms with Crippen molar-refractivity contribution in [1.29, 1.82) is 0 Å². The molecule has 1 unspecified atom stereocenters. The molecule has 1 aromatic rings. The Morgan fingerprint density at radius 3 is 3.05 bits per heavy atom. The third-order valence-corrected chi connectivity index (χ3v) is 3.66. The Bertz CT molecular complexity index is 479. The third-order valence-electron chi connectivity index (χ3n) is 3.66. The van der Waals surface area contributed by atoms with Crippen molar-refractivity contribution in [2.24, 2.45) is 0 Å². The Morgan fingerprint density at radius 2 is 2.35 bits per heavy atom. The van der Waals surface area contributed by atoms with Gasteiger partial charge in [-0.25, -0.2) is 9.78 Å². The predicted molar refractivity (Wildman–Crippen MR) is 75.8 cm³/mol. The van der Waals surface area contributed by atoms with Crippen LogP contribution in [0.5, 0.6) is 5.88 Å². The van der Waals surface area contributed by atoms with Crippen molar-refractivity contribution in [2.45, 2.75) is 25.3 Å². The van der Waals surface area contributed by atoms with E-state index in [4.69, 9.17) is 10.5 Å². The number of methoxy groups -OCH3 is 1. The first-order chi connectivity index (χ1) is 9.61. The van der Waals surface area contributed by atoms with Gasteiger partial charge in [0, 0.05) is 12.1 Å². The Morgan fingerprint density at radius 1 is 1.55 bits per heavy atom. The minimum absolute atomic E-state index is 0.287. The van der Waals surface area contributed by atoms with Crippen LogP contribution in [-0.2, 0) is 4.74 Å². The van der Waals surface area contributed by atoms with Crippen LogP contribution in [0.15, 0.2) is 12.3 Å². The van der Waals surface area contributed by atoms with Gasteiger partial charge in [0.05, 0.1) is 24.6 Å². The monoisotopic (exact) mass is 279 g/mol. The molecule has 0 spiro atoms. The Kier molecular flexibility index (Phi) is 4.79. The minimum Gasteiger partial charge on any atom is -0.476 e. The summed E-state index contributed by atoms with van der Waals surface area (Å²) in [5.41, 5.74) is 6.28. The number of carbonyl (C=O) groups is 1. The van der Waals surface area contributed by atoms with E-state index in [0.29, 0.717) is 24.2 Å². The summed E-state index contributed by atoms with van der Waals surface area (Å²) in [4.78, 5) is 17.9. The lowest BCUT2D eigenvalue weighted by Gasteiger charge is -2.31. The normalized spacial score (nSPS) is 19.6. The minimum atomic E-state index is -0.482. The van der Waals surface area contributed by atoms with Crippen molar-refractivity contribution in [1.82, 2.24) is 9.88 Å². The van der Waals surface area contributed by atoms with Crippen LogP contribution < -0.4 is 10.5 Å². The third kappa shape index (κ3) is 3.39. The number of aromatic nitrogens is 1. The number of piperidine rings is 1. The molecule has 20 heavy (non-hydrogen) atoms. The number of rotatable bonds is 4. The van der Waals surface area contributed by atoms with Gasteiger partial charge in [0.25, 0.3) is 0 Å². The van der Waals surface area contributed by atoms with E-state index in [0.717, 1.165) is 13.0 Å². The largest absolute Gasteiger partial charge is 0.476 e. The molecular formula is C14H21N3O3. The SMILES string of the molecule is COC(=O)c1cc(OCC2CCCCN2C)ncc1N. The maximum absolute atomic E-state index is 11.6. The van der Waals surface area contributed by atoms with E-state index in [-0.39, 0.29) is 5.56 Å². The van der Waals surface area contributed by atoms with Crippen LogP contribution in [0.4, 0.5) is 5.69 Å². The van der Waals surface area contributed by atoms with Gasteiger partial charge >= 0.3 is 5.97 Å². The van der Waals surface area contributed by atoms with Crippen LogP contribution in [-0.4, -0.2) is 49.2 Å². The van der Waals surface area contributed by atoms with E-state index in [1.165, 1.54) is 32.2 Å². The number of anilines is 1. The number of nitrogens with zero attached hydrogens (tertiary/aromatic N) is 2. The second-order valence-corrected chi connectivity index (χ2v) is 5.04. The van der Waals surface area contributed by atoms with E-state index in [1.54, 1.807) is 0 Å². The van der Waals surface area contributed by atoms with Crippen LogP contribution in [0, 0.1) is 0 Å². The summed E-state index contributed by atoms with van der Waals surface area (Å²) in [6, 6.07) is 1.92. The lowest BCUT2D eigenvalue weighted by Crippen LogP contribution is -2.40. The molecule has 6 nitrogen and oxygen atoms in total. The summed E-state index contributed by atoms with van der Waals surface area (Å²) in [6.45, 7) is 1.66. The fourth-order valence-corrected chi connectivity index (χ4v) is 2.35. The molecule has 2 rings (SSSR count). The van der Waals surface area contributed by atoms with E-state index >= 15 is 0 Å². The number of pyridine rings is 1. The van der Waals surface area contributed by atoms with Gasteiger partial charge in [-0.1, -0.05) is 6.42 Å². The van der Waals surface area contributed by atoms with Crippen molar-refractivity contribution in [3.63, 3.8) is 0 Å². The van der Waals surface area contributed by atoms with Gasteiger partial charge in [0.15, 0.2) is 0 Å². The highest BCUT2D eigenvalue weighted by atomic mass is 16.5. The summed E-state index contributed by atoms with van der Waals surface area (Å²) in [5, 5.41) is 0. The molecule has 1 aromatic heterocycles. The lowest BCUT2D eigenvalue weighted by molar-refractivity contribution is 0.0601. The molecule has 1 aliphatic rings. The molecule has 0 amide bonds. The molecule has 1 fully saturated rings. The topological polar surface area (TPSA) is 77.7 Å². The van der Waals surface area contributed by atoms with Crippen molar-refractivity contribution >= 4 is 11.7 Å². The lowest BCUT2D eigenvalue weighted by atomic mass is 10.0. The zero-order valence-electron chi connectivity index (χ0n) is 12.0. The molecule has 0 radical (unpaired) electrons. The van der Waals surface area contributed by atoms with Gasteiger partial charge in [-0.2, -0.15) is 0 Å². The Balaban J connectivity index is 2.00. The number of ether oxygens (including phenoxy) is 2. The molecule has 2 heterocycles. The molecule has 0 saturated carbocycles. The highest BCUT2D eigenvalue weighted by Gasteiger charge is 2.20. The van der Waals surface area contributed by atoms with Crippen LogP contribution in [0.25, 0.3) is 0 Å². The zero-order chi connectivity index (χ0) is 14.5. The molecular weight excluding hydrogens is 258 g/mol. The summed E-state index contributed by atoms with van der Waals surface area (Å²) >= 11 is 0. The second-order valence-electron chi connectivity index (χ2n) is 5.04. The van der Waals surface area contributed by atoms with Crippen molar-refractivity contribution in [3.8, 4) is 5.88 Å². The van der Waals surface area contributed by atoms with Gasteiger partial charge in [0.2, 0.25) is 5.88 Å². The number of nitrogens with two attached hydrogens (primary N) is 1. The van der Waals surface area contributed by atoms with E-state index < -0.39 is 5.97 Å². The fraction of sp³-hybridized carbons (Fsp3) is 0.571. The average molecular weight is 279 g/mol. The van der Waals surface area contributed by atoms with Crippen LogP contribution in [0.1, 0.15) is 29.6 Å². The summed E-state index contributed by atoms with van der Waals surface area (Å²) < 4.78 is 10.4. The van der Waals surface area contributed by atoms with E-state index in [9.17, 15) is 4.79 Å². The molecule has 0 aromatic carbocycles. The fourth-order valence-electron chi connectivity index (χ4n) is 2.35. The number of likely N-dealkylation sites (N-methyl/N-ethyl adjacent to an activating group) is 1. The van der Waals surface area contributed by atoms with Gasteiger partial charge in [-0.15, -0.1) is 0 Å². The number of esters is 1. The Hall–Kier alpha value is -1.82. The first kappa shape index (κ1) is 14.6. The van der Waals surface area contributed by atoms with Crippen molar-refractivity contribution < 1.29 is 14.3 Å².